The molecule has 1 aromatic carbocycles. The Balaban J connectivity index is 0.000000291. The topological polar surface area (TPSA) is 83.8 Å². The molecule has 4 aromatic rings. The van der Waals surface area contributed by atoms with E-state index < -0.39 is 27.6 Å². The van der Waals surface area contributed by atoms with Crippen molar-refractivity contribution in [2.24, 2.45) is 0 Å². The third-order valence-electron chi connectivity index (χ3n) is 5.06. The van der Waals surface area contributed by atoms with Crippen LogP contribution < -0.4 is 9.62 Å². The van der Waals surface area contributed by atoms with E-state index in [9.17, 15) is 22.0 Å². The molecule has 0 spiro atoms. The average Bonchev–Trinajstić information content (AvgIpc) is 3.56. The highest BCUT2D eigenvalue weighted by atomic mass is 35.5. The van der Waals surface area contributed by atoms with E-state index in [2.05, 4.69) is 14.7 Å². The number of carbonyl (C=O) groups excluding carboxylic acids is 1. The number of sulfonamides is 1. The molecule has 1 fully saturated rings. The Morgan fingerprint density at radius 3 is 2.26 bits per heavy atom. The fourth-order valence-electron chi connectivity index (χ4n) is 3.42. The Bertz CT molecular complexity index is 1390. The van der Waals surface area contributed by atoms with Gasteiger partial charge in [-0.05, 0) is 61.4 Å². The molecular formula is C22H19ClF2N4O3S2. The molecule has 34 heavy (non-hydrogen) atoms. The normalized spacial score (nSPS) is 13.6. The molecule has 1 saturated heterocycles. The number of hydrogen-bond acceptors (Lipinski definition) is 6. The van der Waals surface area contributed by atoms with Crippen molar-refractivity contribution in [1.29, 1.82) is 0 Å². The zero-order valence-corrected chi connectivity index (χ0v) is 20.0. The van der Waals surface area contributed by atoms with Crippen LogP contribution in [0.15, 0.2) is 65.1 Å². The summed E-state index contributed by atoms with van der Waals surface area (Å²) in [6.07, 6.45) is 5.42. The van der Waals surface area contributed by atoms with E-state index >= 15 is 0 Å². The van der Waals surface area contributed by atoms with Crippen LogP contribution in [-0.4, -0.2) is 37.0 Å². The van der Waals surface area contributed by atoms with Gasteiger partial charge >= 0.3 is 0 Å². The number of carbonyl (C=O) groups is 1. The van der Waals surface area contributed by atoms with Gasteiger partial charge in [-0.25, -0.2) is 26.4 Å². The van der Waals surface area contributed by atoms with Gasteiger partial charge in [0, 0.05) is 25.0 Å². The van der Waals surface area contributed by atoms with Crippen LogP contribution in [0.25, 0.3) is 5.52 Å². The van der Waals surface area contributed by atoms with Gasteiger partial charge in [-0.15, -0.1) is 11.3 Å². The molecule has 1 amide bonds. The summed E-state index contributed by atoms with van der Waals surface area (Å²) in [4.78, 5) is 14.8. The number of nitrogens with zero attached hydrogens (tertiary/aromatic N) is 3. The Hall–Kier alpha value is -3.02. The Labute approximate surface area is 203 Å². The first-order chi connectivity index (χ1) is 16.2. The summed E-state index contributed by atoms with van der Waals surface area (Å²) in [5, 5.41) is 4.14. The van der Waals surface area contributed by atoms with Crippen molar-refractivity contribution >= 4 is 50.1 Å². The molecule has 0 unspecified atom stereocenters. The smallest absolute Gasteiger partial charge is 0.273 e. The molecule has 0 bridgehead atoms. The second-order valence-corrected chi connectivity index (χ2v) is 11.0. The number of thiophene rings is 1. The van der Waals surface area contributed by atoms with Crippen LogP contribution in [0.2, 0.25) is 4.34 Å². The van der Waals surface area contributed by atoms with Crippen molar-refractivity contribution in [2.45, 2.75) is 17.1 Å². The molecule has 3 aromatic heterocycles. The van der Waals surface area contributed by atoms with Crippen LogP contribution in [0.5, 0.6) is 0 Å². The first-order valence-electron chi connectivity index (χ1n) is 10.2. The Kier molecular flexibility index (Phi) is 7.15. The number of pyridine rings is 1. The molecule has 0 radical (unpaired) electrons. The summed E-state index contributed by atoms with van der Waals surface area (Å²) in [6.45, 7) is 1.94. The Morgan fingerprint density at radius 2 is 1.68 bits per heavy atom. The van der Waals surface area contributed by atoms with E-state index in [-0.39, 0.29) is 9.77 Å². The van der Waals surface area contributed by atoms with Crippen molar-refractivity contribution in [3.63, 3.8) is 0 Å². The van der Waals surface area contributed by atoms with Crippen LogP contribution in [0.1, 0.15) is 23.2 Å². The molecule has 7 nitrogen and oxygen atoms in total. The number of rotatable bonds is 4. The highest BCUT2D eigenvalue weighted by Crippen LogP contribution is 2.26. The van der Waals surface area contributed by atoms with Crippen LogP contribution in [0.3, 0.4) is 0 Å². The SMILES string of the molecule is Fc1ccc(F)cc1.O=C(NS(=O)(=O)c1ccc(Cl)s1)c1cnn2ccc(N3CCCC3)cc12. The second-order valence-electron chi connectivity index (χ2n) is 7.40. The largest absolute Gasteiger partial charge is 0.371 e. The van der Waals surface area contributed by atoms with Gasteiger partial charge < -0.3 is 4.90 Å². The molecule has 1 N–H and O–H groups in total. The van der Waals surface area contributed by atoms with Crippen molar-refractivity contribution in [3.8, 4) is 0 Å². The zero-order chi connectivity index (χ0) is 24.3. The number of aromatic nitrogens is 2. The van der Waals surface area contributed by atoms with Crippen LogP contribution >= 0.6 is 22.9 Å². The van der Waals surface area contributed by atoms with Crippen molar-refractivity contribution in [2.75, 3.05) is 18.0 Å². The minimum atomic E-state index is -3.97. The maximum absolute atomic E-state index is 12.6. The van der Waals surface area contributed by atoms with Crippen molar-refractivity contribution in [3.05, 3.63) is 82.5 Å². The molecule has 5 rings (SSSR count). The van der Waals surface area contributed by atoms with Gasteiger partial charge in [-0.3, -0.25) is 4.79 Å². The van der Waals surface area contributed by atoms with Gasteiger partial charge in [0.2, 0.25) is 0 Å². The maximum Gasteiger partial charge on any atom is 0.273 e. The van der Waals surface area contributed by atoms with Gasteiger partial charge in [0.05, 0.1) is 21.6 Å². The van der Waals surface area contributed by atoms with Crippen molar-refractivity contribution in [1.82, 2.24) is 14.3 Å². The highest BCUT2D eigenvalue weighted by Gasteiger charge is 2.23. The number of hydrogen-bond donors (Lipinski definition) is 1. The monoisotopic (exact) mass is 524 g/mol. The Morgan fingerprint density at radius 1 is 1.03 bits per heavy atom. The summed E-state index contributed by atoms with van der Waals surface area (Å²) in [6, 6.07) is 11.0. The zero-order valence-electron chi connectivity index (χ0n) is 17.6. The summed E-state index contributed by atoms with van der Waals surface area (Å²) < 4.78 is 52.5. The quantitative estimate of drug-likeness (QED) is 0.417. The lowest BCUT2D eigenvalue weighted by Crippen LogP contribution is -2.30. The van der Waals surface area contributed by atoms with Crippen LogP contribution in [0, 0.1) is 11.6 Å². The fraction of sp³-hybridized carbons (Fsp3) is 0.182. The lowest BCUT2D eigenvalue weighted by atomic mass is 10.2. The first-order valence-corrected chi connectivity index (χ1v) is 12.9. The lowest BCUT2D eigenvalue weighted by Gasteiger charge is -2.17. The molecule has 0 saturated carbocycles. The summed E-state index contributed by atoms with van der Waals surface area (Å²) >= 11 is 6.68. The van der Waals surface area contributed by atoms with E-state index in [1.165, 1.54) is 18.3 Å². The number of halogens is 3. The molecule has 1 aliphatic heterocycles. The summed E-state index contributed by atoms with van der Waals surface area (Å²) in [7, 11) is -3.97. The van der Waals surface area contributed by atoms with Crippen molar-refractivity contribution < 1.29 is 22.0 Å². The van der Waals surface area contributed by atoms with E-state index in [0.717, 1.165) is 67.2 Å². The number of amides is 1. The van der Waals surface area contributed by atoms with E-state index in [0.29, 0.717) is 9.85 Å². The molecule has 12 heteroatoms. The molecule has 0 atom stereocenters. The maximum atomic E-state index is 12.6. The lowest BCUT2D eigenvalue weighted by molar-refractivity contribution is 0.0983. The molecule has 4 heterocycles. The minimum absolute atomic E-state index is 0.00919. The van der Waals surface area contributed by atoms with E-state index in [1.54, 1.807) is 10.7 Å². The van der Waals surface area contributed by atoms with Gasteiger partial charge in [-0.1, -0.05) is 11.6 Å². The minimum Gasteiger partial charge on any atom is -0.371 e. The summed E-state index contributed by atoms with van der Waals surface area (Å²) in [5.74, 6) is -1.54. The van der Waals surface area contributed by atoms with Gasteiger partial charge in [0.1, 0.15) is 15.8 Å². The number of benzene rings is 1. The number of anilines is 1. The van der Waals surface area contributed by atoms with Crippen LogP contribution in [0.4, 0.5) is 14.5 Å². The number of fused-ring (bicyclic) bond motifs is 1. The molecular weight excluding hydrogens is 506 g/mol. The summed E-state index contributed by atoms with van der Waals surface area (Å²) in [5.41, 5.74) is 1.76. The van der Waals surface area contributed by atoms with E-state index in [1.807, 2.05) is 12.1 Å². The van der Waals surface area contributed by atoms with E-state index in [4.69, 9.17) is 11.6 Å². The van der Waals surface area contributed by atoms with Crippen LogP contribution in [-0.2, 0) is 10.0 Å². The third-order valence-corrected chi connectivity index (χ3v) is 8.12. The van der Waals surface area contributed by atoms with Gasteiger partial charge in [-0.2, -0.15) is 5.10 Å². The predicted octanol–water partition coefficient (Wildman–Crippen LogP) is 4.73. The fourth-order valence-corrected chi connectivity index (χ4v) is 5.86. The third kappa shape index (κ3) is 5.54. The van der Waals surface area contributed by atoms with Gasteiger partial charge in [0.15, 0.2) is 0 Å². The standard InChI is InChI=1S/C16H15ClN4O3S2.C6H4F2/c17-14-3-4-15(25-14)26(23,24)19-16(22)12-10-18-21-8-5-11(9-13(12)21)20-6-1-2-7-20;7-5-1-2-6(8)4-3-5/h3-5,8-10H,1-2,6-7H2,(H,19,22);1-4H. The average molecular weight is 525 g/mol. The predicted molar refractivity (Wildman–Crippen MR) is 127 cm³/mol. The molecule has 1 aliphatic rings. The number of nitrogens with one attached hydrogen (secondary N) is 1. The highest BCUT2D eigenvalue weighted by molar-refractivity contribution is 7.92. The molecule has 178 valence electrons. The molecule has 0 aliphatic carbocycles. The first kappa shape index (κ1) is 24.1. The second kappa shape index (κ2) is 10.1. The van der Waals surface area contributed by atoms with Gasteiger partial charge in [0.25, 0.3) is 15.9 Å².